The van der Waals surface area contributed by atoms with E-state index in [1.807, 2.05) is 12.1 Å². The van der Waals surface area contributed by atoms with E-state index in [1.165, 1.54) is 0 Å². The highest BCUT2D eigenvalue weighted by atomic mass is 16.4. The number of nitrogens with one attached hydrogen (secondary N) is 2. The lowest BCUT2D eigenvalue weighted by molar-refractivity contribution is -0.142. The molecular formula is C15H18N6O2. The zero-order valence-electron chi connectivity index (χ0n) is 12.5. The Morgan fingerprint density at radius 2 is 2.00 bits per heavy atom. The number of aliphatic carboxylic acids is 1. The maximum Gasteiger partial charge on any atom is 0.306 e. The Labute approximate surface area is 133 Å². The van der Waals surface area contributed by atoms with Crippen molar-refractivity contribution in [2.75, 3.05) is 23.4 Å². The molecule has 23 heavy (non-hydrogen) atoms. The van der Waals surface area contributed by atoms with Crippen LogP contribution in [-0.2, 0) is 4.79 Å². The molecule has 0 aliphatic carbocycles. The fraction of sp³-hybridized carbons (Fsp3) is 0.333. The van der Waals surface area contributed by atoms with Crippen molar-refractivity contribution in [2.24, 2.45) is 16.8 Å². The van der Waals surface area contributed by atoms with Crippen molar-refractivity contribution in [1.29, 1.82) is 10.7 Å². The molecule has 1 aromatic rings. The van der Waals surface area contributed by atoms with Crippen molar-refractivity contribution in [3.63, 3.8) is 0 Å². The number of amidine groups is 1. The van der Waals surface area contributed by atoms with Gasteiger partial charge in [-0.25, -0.2) is 0 Å². The second kappa shape index (κ2) is 7.26. The maximum atomic E-state index is 11.0. The first-order valence-corrected chi connectivity index (χ1v) is 7.17. The van der Waals surface area contributed by atoms with Gasteiger partial charge >= 0.3 is 5.97 Å². The summed E-state index contributed by atoms with van der Waals surface area (Å²) < 4.78 is 0. The first-order chi connectivity index (χ1) is 11.0. The number of carboxylic acids is 1. The Morgan fingerprint density at radius 1 is 1.39 bits per heavy atom. The molecule has 1 fully saturated rings. The summed E-state index contributed by atoms with van der Waals surface area (Å²) in [5, 5.41) is 28.7. The molecule has 0 bridgehead atoms. The molecule has 0 atom stereocenters. The van der Waals surface area contributed by atoms with Crippen LogP contribution < -0.4 is 16.1 Å². The molecule has 0 radical (unpaired) electrons. The van der Waals surface area contributed by atoms with E-state index in [-0.39, 0.29) is 11.6 Å². The highest BCUT2D eigenvalue weighted by Gasteiger charge is 2.24. The third kappa shape index (κ3) is 4.20. The number of carboxylic acid groups (broad SMARTS) is 1. The first kappa shape index (κ1) is 16.3. The second-order valence-corrected chi connectivity index (χ2v) is 5.24. The van der Waals surface area contributed by atoms with Gasteiger partial charge in [0.2, 0.25) is 5.71 Å². The van der Waals surface area contributed by atoms with Crippen LogP contribution in [0.15, 0.2) is 29.4 Å². The molecule has 1 saturated heterocycles. The van der Waals surface area contributed by atoms with E-state index in [2.05, 4.69) is 15.4 Å². The molecule has 8 heteroatoms. The zero-order valence-corrected chi connectivity index (χ0v) is 12.5. The number of benzene rings is 1. The summed E-state index contributed by atoms with van der Waals surface area (Å²) in [7, 11) is 0. The molecule has 2 rings (SSSR count). The minimum absolute atomic E-state index is 0.176. The third-order valence-electron chi connectivity index (χ3n) is 3.73. The van der Waals surface area contributed by atoms with E-state index in [9.17, 15) is 4.79 Å². The van der Waals surface area contributed by atoms with Crippen LogP contribution in [0.25, 0.3) is 0 Å². The predicted octanol–water partition coefficient (Wildman–Crippen LogP) is 1.22. The Kier molecular flexibility index (Phi) is 5.15. The lowest BCUT2D eigenvalue weighted by atomic mass is 9.97. The predicted molar refractivity (Wildman–Crippen MR) is 87.6 cm³/mol. The monoisotopic (exact) mass is 314 g/mol. The fourth-order valence-corrected chi connectivity index (χ4v) is 2.40. The van der Waals surface area contributed by atoms with Crippen LogP contribution >= 0.6 is 0 Å². The summed E-state index contributed by atoms with van der Waals surface area (Å²) in [6.07, 6.45) is 1.29. The molecule has 0 aromatic heterocycles. The molecule has 120 valence electrons. The van der Waals surface area contributed by atoms with E-state index in [0.717, 1.165) is 5.69 Å². The van der Waals surface area contributed by atoms with Crippen molar-refractivity contribution < 1.29 is 9.90 Å². The van der Waals surface area contributed by atoms with Gasteiger partial charge in [-0.05, 0) is 37.1 Å². The standard InChI is InChI=1S/C15H18N6O2/c16-9-13(14(17)18)20-19-11-1-3-12(4-2-11)21-7-5-10(6-8-21)15(22)23/h1-4,10,19H,5-8H2,(H3,17,18)(H,22,23)/b20-13+. The van der Waals surface area contributed by atoms with Crippen molar-refractivity contribution >= 4 is 28.9 Å². The summed E-state index contributed by atoms with van der Waals surface area (Å²) in [5.41, 5.74) is 9.39. The highest BCUT2D eigenvalue weighted by molar-refractivity contribution is 6.45. The lowest BCUT2D eigenvalue weighted by Gasteiger charge is -2.32. The summed E-state index contributed by atoms with van der Waals surface area (Å²) in [6, 6.07) is 9.14. The number of anilines is 2. The van der Waals surface area contributed by atoms with Gasteiger partial charge in [0.25, 0.3) is 0 Å². The van der Waals surface area contributed by atoms with Crippen molar-refractivity contribution in [3.8, 4) is 6.07 Å². The fourth-order valence-electron chi connectivity index (χ4n) is 2.40. The van der Waals surface area contributed by atoms with Gasteiger partial charge in [0.05, 0.1) is 11.6 Å². The van der Waals surface area contributed by atoms with Crippen LogP contribution in [0.1, 0.15) is 12.8 Å². The highest BCUT2D eigenvalue weighted by Crippen LogP contribution is 2.24. The van der Waals surface area contributed by atoms with Gasteiger partial charge in [-0.3, -0.25) is 15.6 Å². The molecule has 1 aliphatic heterocycles. The van der Waals surface area contributed by atoms with E-state index in [0.29, 0.717) is 31.6 Å². The largest absolute Gasteiger partial charge is 0.481 e. The molecule has 1 aromatic carbocycles. The zero-order chi connectivity index (χ0) is 16.8. The van der Waals surface area contributed by atoms with E-state index in [4.69, 9.17) is 21.5 Å². The van der Waals surface area contributed by atoms with Gasteiger partial charge in [0.15, 0.2) is 5.84 Å². The van der Waals surface area contributed by atoms with Gasteiger partial charge in [-0.2, -0.15) is 10.4 Å². The SMILES string of the molecule is N#C/C(=N\Nc1ccc(N2CCC(C(=O)O)CC2)cc1)C(=N)N. The van der Waals surface area contributed by atoms with Crippen LogP contribution in [0.5, 0.6) is 0 Å². The number of hydrogen-bond acceptors (Lipinski definition) is 6. The van der Waals surface area contributed by atoms with E-state index in [1.54, 1.807) is 18.2 Å². The number of hydrazone groups is 1. The molecule has 0 saturated carbocycles. The van der Waals surface area contributed by atoms with Gasteiger partial charge in [-0.1, -0.05) is 0 Å². The topological polar surface area (TPSA) is 139 Å². The van der Waals surface area contributed by atoms with Gasteiger partial charge in [0.1, 0.15) is 6.07 Å². The van der Waals surface area contributed by atoms with Crippen LogP contribution in [0.3, 0.4) is 0 Å². The summed E-state index contributed by atoms with van der Waals surface area (Å²) in [4.78, 5) is 13.1. The Bertz CT molecular complexity index is 654. The van der Waals surface area contributed by atoms with E-state index < -0.39 is 11.8 Å². The van der Waals surface area contributed by atoms with Crippen LogP contribution in [0, 0.1) is 22.7 Å². The van der Waals surface area contributed by atoms with Gasteiger partial charge < -0.3 is 15.7 Å². The summed E-state index contributed by atoms with van der Waals surface area (Å²) >= 11 is 0. The molecule has 0 amide bonds. The maximum absolute atomic E-state index is 11.0. The van der Waals surface area contributed by atoms with Gasteiger partial charge in [0, 0.05) is 18.8 Å². The second-order valence-electron chi connectivity index (χ2n) is 5.24. The Morgan fingerprint density at radius 3 is 2.48 bits per heavy atom. The molecule has 8 nitrogen and oxygen atoms in total. The Balaban J connectivity index is 1.97. The minimum Gasteiger partial charge on any atom is -0.481 e. The van der Waals surface area contributed by atoms with Crippen LogP contribution in [0.2, 0.25) is 0 Å². The molecule has 1 aliphatic rings. The summed E-state index contributed by atoms with van der Waals surface area (Å²) in [6.45, 7) is 1.43. The molecule has 5 N–H and O–H groups in total. The minimum atomic E-state index is -0.721. The molecule has 0 unspecified atom stereocenters. The quantitative estimate of drug-likeness (QED) is 0.366. The average Bonchev–Trinajstić information content (AvgIpc) is 2.56. The summed E-state index contributed by atoms with van der Waals surface area (Å²) in [5.74, 6) is -1.36. The van der Waals surface area contributed by atoms with Crippen molar-refractivity contribution in [1.82, 2.24) is 0 Å². The Hall–Kier alpha value is -3.08. The van der Waals surface area contributed by atoms with Crippen LogP contribution in [0.4, 0.5) is 11.4 Å². The smallest absolute Gasteiger partial charge is 0.306 e. The molecular weight excluding hydrogens is 296 g/mol. The van der Waals surface area contributed by atoms with Crippen molar-refractivity contribution in [2.45, 2.75) is 12.8 Å². The number of nitriles is 1. The first-order valence-electron chi connectivity index (χ1n) is 7.17. The number of nitrogens with two attached hydrogens (primary N) is 1. The number of piperidine rings is 1. The van der Waals surface area contributed by atoms with Crippen LogP contribution in [-0.4, -0.2) is 35.7 Å². The molecule has 0 spiro atoms. The number of rotatable bonds is 5. The average molecular weight is 314 g/mol. The third-order valence-corrected chi connectivity index (χ3v) is 3.73. The number of nitrogens with zero attached hydrogens (tertiary/aromatic N) is 3. The number of hydrogen-bond donors (Lipinski definition) is 4. The number of carbonyl (C=O) groups is 1. The van der Waals surface area contributed by atoms with Crippen molar-refractivity contribution in [3.05, 3.63) is 24.3 Å². The lowest BCUT2D eigenvalue weighted by Crippen LogP contribution is -2.36. The van der Waals surface area contributed by atoms with E-state index >= 15 is 0 Å². The van der Waals surface area contributed by atoms with Gasteiger partial charge in [-0.15, -0.1) is 0 Å². The molecule has 1 heterocycles. The normalized spacial score (nSPS) is 15.8.